The maximum Gasteiger partial charge on any atom is 0.167 e. The third kappa shape index (κ3) is 2.33. The first-order chi connectivity index (χ1) is 8.84. The van der Waals surface area contributed by atoms with E-state index in [0.717, 1.165) is 51.3 Å². The molecule has 0 amide bonds. The molecule has 0 N–H and O–H groups in total. The van der Waals surface area contributed by atoms with Crippen LogP contribution in [0.4, 0.5) is 0 Å². The van der Waals surface area contributed by atoms with Crippen LogP contribution in [0.2, 0.25) is 0 Å². The minimum absolute atomic E-state index is 0.179. The van der Waals surface area contributed by atoms with Gasteiger partial charge in [-0.2, -0.15) is 0 Å². The van der Waals surface area contributed by atoms with Crippen LogP contribution < -0.4 is 0 Å². The lowest BCUT2D eigenvalue weighted by molar-refractivity contribution is 0.0291. The molecule has 0 radical (unpaired) electrons. The number of morpholine rings is 1. The summed E-state index contributed by atoms with van der Waals surface area (Å²) in [6.45, 7) is 4.43. The Labute approximate surface area is 108 Å². The fraction of sp³-hybridized carbons (Fsp3) is 0.533. The Kier molecular flexibility index (Phi) is 3.43. The van der Waals surface area contributed by atoms with Crippen molar-refractivity contribution in [3.63, 3.8) is 0 Å². The Bertz CT molecular complexity index is 438. The molecule has 0 aromatic heterocycles. The number of Topliss-reactive ketones (excluding diaryl/α,β-unsaturated/α-hetero) is 1. The van der Waals surface area contributed by atoms with Crippen molar-refractivity contribution in [2.45, 2.75) is 12.8 Å². The number of ether oxygens (including phenoxy) is 1. The van der Waals surface area contributed by atoms with Crippen molar-refractivity contribution in [1.82, 2.24) is 4.90 Å². The molecule has 3 nitrogen and oxygen atoms in total. The Morgan fingerprint density at radius 1 is 1.22 bits per heavy atom. The van der Waals surface area contributed by atoms with Gasteiger partial charge in [0.05, 0.1) is 13.2 Å². The van der Waals surface area contributed by atoms with Gasteiger partial charge in [0.15, 0.2) is 5.78 Å². The molecule has 96 valence electrons. The molecule has 18 heavy (non-hydrogen) atoms. The van der Waals surface area contributed by atoms with Gasteiger partial charge >= 0.3 is 0 Å². The topological polar surface area (TPSA) is 29.5 Å². The van der Waals surface area contributed by atoms with Crippen molar-refractivity contribution in [1.29, 1.82) is 0 Å². The number of hydrogen-bond acceptors (Lipinski definition) is 3. The van der Waals surface area contributed by atoms with Crippen molar-refractivity contribution in [3.05, 3.63) is 35.4 Å². The molecule has 3 rings (SSSR count). The molecule has 1 fully saturated rings. The second-order valence-electron chi connectivity index (χ2n) is 5.17. The predicted octanol–water partition coefficient (Wildman–Crippen LogP) is 1.76. The molecule has 1 heterocycles. The average molecular weight is 245 g/mol. The Morgan fingerprint density at radius 3 is 2.83 bits per heavy atom. The highest BCUT2D eigenvalue weighted by Crippen LogP contribution is 2.26. The van der Waals surface area contributed by atoms with E-state index in [0.29, 0.717) is 5.78 Å². The lowest BCUT2D eigenvalue weighted by atomic mass is 9.82. The molecule has 1 aliphatic heterocycles. The highest BCUT2D eigenvalue weighted by Gasteiger charge is 2.28. The molecular weight excluding hydrogens is 226 g/mol. The zero-order valence-electron chi connectivity index (χ0n) is 10.6. The summed E-state index contributed by atoms with van der Waals surface area (Å²) in [5.41, 5.74) is 2.17. The Balaban J connectivity index is 1.70. The van der Waals surface area contributed by atoms with Gasteiger partial charge < -0.3 is 4.74 Å². The van der Waals surface area contributed by atoms with Gasteiger partial charge in [0.1, 0.15) is 0 Å². The van der Waals surface area contributed by atoms with Crippen LogP contribution in [-0.4, -0.2) is 43.5 Å². The molecule has 1 saturated heterocycles. The van der Waals surface area contributed by atoms with Gasteiger partial charge in [0.25, 0.3) is 0 Å². The molecule has 1 aromatic carbocycles. The normalized spacial score (nSPS) is 24.9. The summed E-state index contributed by atoms with van der Waals surface area (Å²) in [7, 11) is 0. The monoisotopic (exact) mass is 245 g/mol. The Morgan fingerprint density at radius 2 is 2.00 bits per heavy atom. The van der Waals surface area contributed by atoms with Gasteiger partial charge in [-0.25, -0.2) is 0 Å². The van der Waals surface area contributed by atoms with Gasteiger partial charge in [-0.1, -0.05) is 24.3 Å². The number of benzene rings is 1. The molecule has 1 atom stereocenters. The number of rotatable bonds is 2. The van der Waals surface area contributed by atoms with E-state index in [1.807, 2.05) is 18.2 Å². The summed E-state index contributed by atoms with van der Waals surface area (Å²) in [4.78, 5) is 14.8. The number of hydrogen-bond donors (Lipinski definition) is 0. The van der Waals surface area contributed by atoms with Crippen molar-refractivity contribution in [3.8, 4) is 0 Å². The van der Waals surface area contributed by atoms with E-state index in [4.69, 9.17) is 4.74 Å². The highest BCUT2D eigenvalue weighted by molar-refractivity contribution is 6.00. The van der Waals surface area contributed by atoms with Gasteiger partial charge in [0, 0.05) is 31.1 Å². The first-order valence-corrected chi connectivity index (χ1v) is 6.77. The maximum absolute atomic E-state index is 12.4. The first kappa shape index (κ1) is 11.9. The fourth-order valence-corrected chi connectivity index (χ4v) is 2.93. The smallest absolute Gasteiger partial charge is 0.167 e. The van der Waals surface area contributed by atoms with Crippen LogP contribution in [0.5, 0.6) is 0 Å². The van der Waals surface area contributed by atoms with Crippen LogP contribution >= 0.6 is 0 Å². The molecule has 3 heteroatoms. The maximum atomic E-state index is 12.4. The van der Waals surface area contributed by atoms with Crippen LogP contribution in [-0.2, 0) is 11.2 Å². The second kappa shape index (κ2) is 5.21. The summed E-state index contributed by atoms with van der Waals surface area (Å²) >= 11 is 0. The standard InChI is InChI=1S/C15H19NO2/c17-15-13(11-16-7-9-18-10-8-16)6-5-12-3-1-2-4-14(12)15/h1-4,13H,5-11H2/t13-/m0/s1. The first-order valence-electron chi connectivity index (χ1n) is 6.77. The third-order valence-electron chi connectivity index (χ3n) is 4.00. The van der Waals surface area contributed by atoms with Crippen molar-refractivity contribution in [2.24, 2.45) is 5.92 Å². The van der Waals surface area contributed by atoms with E-state index >= 15 is 0 Å². The van der Waals surface area contributed by atoms with Crippen LogP contribution in [0.1, 0.15) is 22.3 Å². The van der Waals surface area contributed by atoms with Crippen molar-refractivity contribution < 1.29 is 9.53 Å². The molecule has 1 aliphatic carbocycles. The minimum atomic E-state index is 0.179. The van der Waals surface area contributed by atoms with Crippen LogP contribution in [0.25, 0.3) is 0 Å². The molecule has 0 spiro atoms. The largest absolute Gasteiger partial charge is 0.379 e. The summed E-state index contributed by atoms with van der Waals surface area (Å²) < 4.78 is 5.35. The highest BCUT2D eigenvalue weighted by atomic mass is 16.5. The van der Waals surface area contributed by atoms with Gasteiger partial charge in [-0.05, 0) is 18.4 Å². The van der Waals surface area contributed by atoms with Crippen LogP contribution in [0.3, 0.4) is 0 Å². The van der Waals surface area contributed by atoms with Crippen LogP contribution in [0.15, 0.2) is 24.3 Å². The quantitative estimate of drug-likeness (QED) is 0.795. The molecule has 2 aliphatic rings. The van der Waals surface area contributed by atoms with E-state index < -0.39 is 0 Å². The number of carbonyl (C=O) groups excluding carboxylic acids is 1. The zero-order valence-corrected chi connectivity index (χ0v) is 10.6. The number of nitrogens with zero attached hydrogens (tertiary/aromatic N) is 1. The molecular formula is C15H19NO2. The van der Waals surface area contributed by atoms with Crippen molar-refractivity contribution in [2.75, 3.05) is 32.8 Å². The number of carbonyl (C=O) groups is 1. The predicted molar refractivity (Wildman–Crippen MR) is 69.8 cm³/mol. The SMILES string of the molecule is O=C1c2ccccc2CC[C@H]1CN1CCOCC1. The van der Waals surface area contributed by atoms with E-state index in [-0.39, 0.29) is 5.92 Å². The fourth-order valence-electron chi connectivity index (χ4n) is 2.93. The summed E-state index contributed by atoms with van der Waals surface area (Å²) in [6.07, 6.45) is 2.03. The molecule has 1 aromatic rings. The van der Waals surface area contributed by atoms with Crippen LogP contribution in [0, 0.1) is 5.92 Å². The summed E-state index contributed by atoms with van der Waals surface area (Å²) in [5, 5.41) is 0. The van der Waals surface area contributed by atoms with E-state index in [1.165, 1.54) is 5.56 Å². The average Bonchev–Trinajstić information content (AvgIpc) is 2.43. The summed E-state index contributed by atoms with van der Waals surface area (Å²) in [6, 6.07) is 8.05. The van der Waals surface area contributed by atoms with Crippen molar-refractivity contribution >= 4 is 5.78 Å². The Hall–Kier alpha value is -1.19. The second-order valence-corrected chi connectivity index (χ2v) is 5.17. The van der Waals surface area contributed by atoms with Gasteiger partial charge in [-0.15, -0.1) is 0 Å². The lowest BCUT2D eigenvalue weighted by Gasteiger charge is -2.32. The number of fused-ring (bicyclic) bond motifs is 1. The van der Waals surface area contributed by atoms with Gasteiger partial charge in [-0.3, -0.25) is 9.69 Å². The number of ketones is 1. The molecule has 0 bridgehead atoms. The third-order valence-corrected chi connectivity index (χ3v) is 4.00. The molecule has 0 saturated carbocycles. The summed E-state index contributed by atoms with van der Waals surface area (Å²) in [5.74, 6) is 0.515. The van der Waals surface area contributed by atoms with E-state index in [1.54, 1.807) is 0 Å². The van der Waals surface area contributed by atoms with E-state index in [2.05, 4.69) is 11.0 Å². The van der Waals surface area contributed by atoms with E-state index in [9.17, 15) is 4.79 Å². The van der Waals surface area contributed by atoms with Gasteiger partial charge in [0.2, 0.25) is 0 Å². The number of aryl methyl sites for hydroxylation is 1. The minimum Gasteiger partial charge on any atom is -0.379 e. The lowest BCUT2D eigenvalue weighted by Crippen LogP contribution is -2.42. The zero-order chi connectivity index (χ0) is 12.4. The molecule has 0 unspecified atom stereocenters.